The van der Waals surface area contributed by atoms with Gasteiger partial charge in [0.05, 0.1) is 4.90 Å². The average molecular weight is 200 g/mol. The number of thioether (sulfide) groups is 2. The van der Waals surface area contributed by atoms with Crippen LogP contribution in [0.2, 0.25) is 0 Å². The molecule has 3 heteroatoms. The van der Waals surface area contributed by atoms with Crippen LogP contribution in [0.25, 0.3) is 0 Å². The Labute approximate surface area is 81.6 Å². The third-order valence-corrected chi connectivity index (χ3v) is 3.57. The van der Waals surface area contributed by atoms with Crippen molar-refractivity contribution in [3.05, 3.63) is 17.7 Å². The second kappa shape index (κ2) is 4.10. The topological polar surface area (TPSA) is 20.2 Å². The summed E-state index contributed by atoms with van der Waals surface area (Å²) in [6.45, 7) is 2.04. The van der Waals surface area contributed by atoms with Crippen LogP contribution < -0.4 is 0 Å². The normalized spacial score (nSPS) is 10.2. The molecule has 12 heavy (non-hydrogen) atoms. The fraction of sp³-hybridized carbons (Fsp3) is 0.333. The van der Waals surface area contributed by atoms with Gasteiger partial charge in [0.25, 0.3) is 0 Å². The van der Waals surface area contributed by atoms with Gasteiger partial charge in [0, 0.05) is 4.90 Å². The summed E-state index contributed by atoms with van der Waals surface area (Å²) >= 11 is 3.30. The number of benzene rings is 1. The van der Waals surface area contributed by atoms with Gasteiger partial charge in [-0.15, -0.1) is 23.5 Å². The average Bonchev–Trinajstić information content (AvgIpc) is 2.06. The van der Waals surface area contributed by atoms with E-state index in [0.29, 0.717) is 5.75 Å². The van der Waals surface area contributed by atoms with Gasteiger partial charge in [0.15, 0.2) is 0 Å². The highest BCUT2D eigenvalue weighted by atomic mass is 32.2. The molecule has 0 heterocycles. The van der Waals surface area contributed by atoms with Gasteiger partial charge in [-0.1, -0.05) is 0 Å². The molecule has 1 aromatic rings. The molecular formula is C9H12OS2. The number of aromatic hydroxyl groups is 1. The minimum atomic E-state index is 0.387. The first-order valence-electron chi connectivity index (χ1n) is 3.61. The summed E-state index contributed by atoms with van der Waals surface area (Å²) in [5.74, 6) is 0.387. The molecule has 0 unspecified atom stereocenters. The van der Waals surface area contributed by atoms with Crippen LogP contribution in [0.3, 0.4) is 0 Å². The van der Waals surface area contributed by atoms with Gasteiger partial charge in [0.1, 0.15) is 5.75 Å². The molecular weight excluding hydrogens is 188 g/mol. The third-order valence-electron chi connectivity index (χ3n) is 1.76. The van der Waals surface area contributed by atoms with Crippen LogP contribution in [-0.4, -0.2) is 17.6 Å². The number of rotatable bonds is 2. The van der Waals surface area contributed by atoms with E-state index in [9.17, 15) is 5.11 Å². The molecule has 0 atom stereocenters. The Balaban J connectivity index is 3.24. The Morgan fingerprint density at radius 1 is 1.17 bits per heavy atom. The van der Waals surface area contributed by atoms with E-state index in [1.165, 1.54) is 10.5 Å². The Morgan fingerprint density at radius 2 is 1.83 bits per heavy atom. The number of phenols is 1. The largest absolute Gasteiger partial charge is 0.507 e. The van der Waals surface area contributed by atoms with Crippen LogP contribution in [0.1, 0.15) is 5.56 Å². The van der Waals surface area contributed by atoms with Crippen LogP contribution in [0, 0.1) is 6.92 Å². The molecule has 0 radical (unpaired) electrons. The van der Waals surface area contributed by atoms with Gasteiger partial charge in [-0.2, -0.15) is 0 Å². The molecule has 0 aliphatic carbocycles. The summed E-state index contributed by atoms with van der Waals surface area (Å²) in [4.78, 5) is 2.22. The lowest BCUT2D eigenvalue weighted by molar-refractivity contribution is 0.460. The first-order valence-corrected chi connectivity index (χ1v) is 6.06. The fourth-order valence-corrected chi connectivity index (χ4v) is 2.51. The van der Waals surface area contributed by atoms with E-state index in [1.54, 1.807) is 29.6 Å². The van der Waals surface area contributed by atoms with Gasteiger partial charge in [-0.05, 0) is 37.1 Å². The van der Waals surface area contributed by atoms with Gasteiger partial charge < -0.3 is 5.11 Å². The van der Waals surface area contributed by atoms with Crippen molar-refractivity contribution in [1.82, 2.24) is 0 Å². The van der Waals surface area contributed by atoms with Crippen molar-refractivity contribution >= 4 is 23.5 Å². The predicted molar refractivity (Wildman–Crippen MR) is 56.4 cm³/mol. The van der Waals surface area contributed by atoms with E-state index in [1.807, 2.05) is 25.5 Å². The molecule has 0 aliphatic rings. The highest BCUT2D eigenvalue weighted by Crippen LogP contribution is 2.35. The highest BCUT2D eigenvalue weighted by molar-refractivity contribution is 7.99. The van der Waals surface area contributed by atoms with Gasteiger partial charge in [-0.25, -0.2) is 0 Å². The van der Waals surface area contributed by atoms with Gasteiger partial charge in [-0.3, -0.25) is 0 Å². The molecule has 1 rings (SSSR count). The van der Waals surface area contributed by atoms with Gasteiger partial charge >= 0.3 is 0 Å². The van der Waals surface area contributed by atoms with Crippen LogP contribution in [0.15, 0.2) is 21.9 Å². The molecule has 0 aromatic heterocycles. The van der Waals surface area contributed by atoms with Crippen molar-refractivity contribution in [2.75, 3.05) is 12.5 Å². The zero-order valence-electron chi connectivity index (χ0n) is 7.42. The Hall–Kier alpha value is -0.280. The number of hydrogen-bond acceptors (Lipinski definition) is 3. The maximum absolute atomic E-state index is 9.48. The summed E-state index contributed by atoms with van der Waals surface area (Å²) in [7, 11) is 0. The summed E-state index contributed by atoms with van der Waals surface area (Å²) in [6, 6.07) is 3.71. The minimum absolute atomic E-state index is 0.387. The first-order chi connectivity index (χ1) is 5.70. The molecule has 66 valence electrons. The summed E-state index contributed by atoms with van der Waals surface area (Å²) < 4.78 is 0. The van der Waals surface area contributed by atoms with Crippen LogP contribution in [0.5, 0.6) is 5.75 Å². The molecule has 0 saturated carbocycles. The molecule has 0 saturated heterocycles. The van der Waals surface area contributed by atoms with Crippen LogP contribution >= 0.6 is 23.5 Å². The second-order valence-corrected chi connectivity index (χ2v) is 4.11. The lowest BCUT2D eigenvalue weighted by atomic mass is 10.2. The van der Waals surface area contributed by atoms with E-state index in [0.717, 1.165) is 4.90 Å². The quantitative estimate of drug-likeness (QED) is 0.741. The maximum Gasteiger partial charge on any atom is 0.129 e. The lowest BCUT2D eigenvalue weighted by Crippen LogP contribution is -1.83. The van der Waals surface area contributed by atoms with E-state index in [2.05, 4.69) is 0 Å². The zero-order chi connectivity index (χ0) is 9.14. The van der Waals surface area contributed by atoms with E-state index in [4.69, 9.17) is 0 Å². The Kier molecular flexibility index (Phi) is 3.35. The van der Waals surface area contributed by atoms with Crippen LogP contribution in [0.4, 0.5) is 0 Å². The minimum Gasteiger partial charge on any atom is -0.507 e. The SMILES string of the molecule is CSc1ccc(O)c(SC)c1C. The molecule has 0 bridgehead atoms. The van der Waals surface area contributed by atoms with Crippen molar-refractivity contribution in [3.8, 4) is 5.75 Å². The first kappa shape index (κ1) is 9.81. The molecule has 1 aromatic carbocycles. The Morgan fingerprint density at radius 3 is 2.33 bits per heavy atom. The van der Waals surface area contributed by atoms with Crippen molar-refractivity contribution in [2.45, 2.75) is 16.7 Å². The standard InChI is InChI=1S/C9H12OS2/c1-6-8(11-2)5-4-7(10)9(6)12-3/h4-5,10H,1-3H3. The smallest absolute Gasteiger partial charge is 0.129 e. The summed E-state index contributed by atoms with van der Waals surface area (Å²) in [5.41, 5.74) is 1.18. The maximum atomic E-state index is 9.48. The van der Waals surface area contributed by atoms with Crippen molar-refractivity contribution in [3.63, 3.8) is 0 Å². The van der Waals surface area contributed by atoms with Crippen LogP contribution in [-0.2, 0) is 0 Å². The highest BCUT2D eigenvalue weighted by Gasteiger charge is 2.06. The third kappa shape index (κ3) is 1.72. The lowest BCUT2D eigenvalue weighted by Gasteiger charge is -2.08. The van der Waals surface area contributed by atoms with Crippen molar-refractivity contribution < 1.29 is 5.11 Å². The van der Waals surface area contributed by atoms with E-state index >= 15 is 0 Å². The van der Waals surface area contributed by atoms with Crippen molar-refractivity contribution in [2.24, 2.45) is 0 Å². The van der Waals surface area contributed by atoms with Gasteiger partial charge in [0.2, 0.25) is 0 Å². The van der Waals surface area contributed by atoms with Crippen molar-refractivity contribution in [1.29, 1.82) is 0 Å². The van der Waals surface area contributed by atoms with E-state index < -0.39 is 0 Å². The Bertz CT molecular complexity index is 284. The molecule has 0 aliphatic heterocycles. The van der Waals surface area contributed by atoms with E-state index in [-0.39, 0.29) is 0 Å². The fourth-order valence-electron chi connectivity index (χ4n) is 1.14. The summed E-state index contributed by atoms with van der Waals surface area (Å²) in [5, 5.41) is 9.48. The monoisotopic (exact) mass is 200 g/mol. The zero-order valence-corrected chi connectivity index (χ0v) is 9.05. The molecule has 0 fully saturated rings. The predicted octanol–water partition coefficient (Wildman–Crippen LogP) is 3.14. The molecule has 1 N–H and O–H groups in total. The second-order valence-electron chi connectivity index (χ2n) is 2.45. The number of phenolic OH excluding ortho intramolecular Hbond substituents is 1. The molecule has 1 nitrogen and oxygen atoms in total. The number of hydrogen-bond donors (Lipinski definition) is 1. The molecule has 0 spiro atoms. The molecule has 0 amide bonds. The summed E-state index contributed by atoms with van der Waals surface area (Å²) in [6.07, 6.45) is 4.02.